The lowest BCUT2D eigenvalue weighted by Crippen LogP contribution is -2.39. The van der Waals surface area contributed by atoms with Crippen molar-refractivity contribution < 1.29 is 18.0 Å². The number of rotatable bonds is 4. The number of aryl methyl sites for hydroxylation is 1. The maximum atomic E-state index is 12.9. The van der Waals surface area contributed by atoms with E-state index < -0.39 is 9.84 Å². The maximum Gasteiger partial charge on any atom is 0.254 e. The monoisotopic (exact) mass is 381 g/mol. The topological polar surface area (TPSA) is 78.0 Å². The Balaban J connectivity index is 2.12. The highest BCUT2D eigenvalue weighted by atomic mass is 32.2. The largest absolute Gasteiger partial charge is 0.348 e. The van der Waals surface area contributed by atoms with Crippen molar-refractivity contribution in [2.75, 3.05) is 53.1 Å². The average Bonchev–Trinajstić information content (AvgIpc) is 2.79. The Morgan fingerprint density at radius 2 is 1.81 bits per heavy atom. The van der Waals surface area contributed by atoms with Crippen LogP contribution in [0.25, 0.3) is 0 Å². The highest BCUT2D eigenvalue weighted by Gasteiger charge is 2.23. The van der Waals surface area contributed by atoms with Crippen LogP contribution >= 0.6 is 0 Å². The van der Waals surface area contributed by atoms with Crippen molar-refractivity contribution >= 4 is 21.7 Å². The van der Waals surface area contributed by atoms with Gasteiger partial charge in [-0.1, -0.05) is 6.07 Å². The van der Waals surface area contributed by atoms with Crippen molar-refractivity contribution in [1.82, 2.24) is 14.7 Å². The maximum absolute atomic E-state index is 12.9. The van der Waals surface area contributed by atoms with Gasteiger partial charge in [-0.05, 0) is 31.0 Å². The number of hydrogen-bond donors (Lipinski definition) is 0. The molecular formula is C18H27N3O4S. The van der Waals surface area contributed by atoms with Crippen molar-refractivity contribution in [1.29, 1.82) is 0 Å². The lowest BCUT2D eigenvalue weighted by Gasteiger charge is -2.23. The number of likely N-dealkylation sites (N-methyl/N-ethyl adjacent to an activating group) is 1. The summed E-state index contributed by atoms with van der Waals surface area (Å²) in [5.41, 5.74) is 1.18. The zero-order chi connectivity index (χ0) is 19.5. The first-order valence-corrected chi connectivity index (χ1v) is 10.5. The molecule has 0 bridgehead atoms. The number of benzene rings is 1. The Labute approximate surface area is 155 Å². The molecule has 0 N–H and O–H groups in total. The summed E-state index contributed by atoms with van der Waals surface area (Å²) in [5, 5.41) is 0. The lowest BCUT2D eigenvalue weighted by molar-refractivity contribution is -0.129. The second-order valence-corrected chi connectivity index (χ2v) is 8.97. The summed E-state index contributed by atoms with van der Waals surface area (Å²) in [4.78, 5) is 30.3. The van der Waals surface area contributed by atoms with E-state index in [9.17, 15) is 18.0 Å². The van der Waals surface area contributed by atoms with E-state index in [-0.39, 0.29) is 16.7 Å². The van der Waals surface area contributed by atoms with E-state index in [2.05, 4.69) is 4.90 Å². The molecule has 0 atom stereocenters. The molecule has 1 aliphatic heterocycles. The van der Waals surface area contributed by atoms with Gasteiger partial charge in [0.25, 0.3) is 5.91 Å². The van der Waals surface area contributed by atoms with Crippen molar-refractivity contribution in [2.24, 2.45) is 0 Å². The molecule has 0 aliphatic carbocycles. The first-order chi connectivity index (χ1) is 12.1. The molecule has 0 saturated carbocycles. The molecule has 144 valence electrons. The number of carbonyl (C=O) groups is 2. The molecule has 1 aliphatic rings. The van der Waals surface area contributed by atoms with Crippen LogP contribution in [-0.4, -0.2) is 88.0 Å². The summed E-state index contributed by atoms with van der Waals surface area (Å²) in [6.07, 6.45) is 1.91. The number of carbonyl (C=O) groups excluding carboxylic acids is 2. The Morgan fingerprint density at radius 1 is 1.12 bits per heavy atom. The standard InChI is InChI=1S/C18H27N3O4S/c1-14-6-7-15(26(4,24)25)12-16(14)18(23)21-9-5-8-20(10-11-21)13-17(22)19(2)3/h6-7,12H,5,8-11,13H2,1-4H3. The van der Waals surface area contributed by atoms with E-state index in [1.165, 1.54) is 12.1 Å². The number of sulfone groups is 1. The van der Waals surface area contributed by atoms with Gasteiger partial charge in [0.05, 0.1) is 11.4 Å². The van der Waals surface area contributed by atoms with Gasteiger partial charge in [0.2, 0.25) is 5.91 Å². The first-order valence-electron chi connectivity index (χ1n) is 8.62. The number of amides is 2. The molecule has 26 heavy (non-hydrogen) atoms. The van der Waals surface area contributed by atoms with Crippen LogP contribution in [0.1, 0.15) is 22.3 Å². The van der Waals surface area contributed by atoms with Crippen LogP contribution in [0.3, 0.4) is 0 Å². The molecule has 1 heterocycles. The zero-order valence-electron chi connectivity index (χ0n) is 15.9. The SMILES string of the molecule is Cc1ccc(S(C)(=O)=O)cc1C(=O)N1CCCN(CC(=O)N(C)C)CC1. The van der Waals surface area contributed by atoms with E-state index in [4.69, 9.17) is 0 Å². The van der Waals surface area contributed by atoms with E-state index in [0.717, 1.165) is 24.8 Å². The highest BCUT2D eigenvalue weighted by Crippen LogP contribution is 2.18. The third-order valence-corrected chi connectivity index (χ3v) is 5.71. The Bertz CT molecular complexity index is 790. The summed E-state index contributed by atoms with van der Waals surface area (Å²) in [6.45, 7) is 4.63. The number of hydrogen-bond acceptors (Lipinski definition) is 5. The van der Waals surface area contributed by atoms with Crippen LogP contribution in [0, 0.1) is 6.92 Å². The first kappa shape index (κ1) is 20.4. The van der Waals surface area contributed by atoms with E-state index in [1.54, 1.807) is 36.9 Å². The predicted octanol–water partition coefficient (Wildman–Crippen LogP) is 0.635. The molecule has 1 aromatic carbocycles. The van der Waals surface area contributed by atoms with Gasteiger partial charge in [-0.2, -0.15) is 0 Å². The third kappa shape index (κ3) is 5.04. The normalized spacial score (nSPS) is 16.2. The second-order valence-electron chi connectivity index (χ2n) is 6.96. The molecule has 1 fully saturated rings. The summed E-state index contributed by atoms with van der Waals surface area (Å²) in [5.74, 6) is -0.115. The summed E-state index contributed by atoms with van der Waals surface area (Å²) in [7, 11) is 0.0943. The summed E-state index contributed by atoms with van der Waals surface area (Å²) >= 11 is 0. The minimum absolute atomic E-state index is 0.0430. The van der Waals surface area contributed by atoms with Gasteiger partial charge in [0.15, 0.2) is 9.84 Å². The van der Waals surface area contributed by atoms with E-state index in [0.29, 0.717) is 31.7 Å². The van der Waals surface area contributed by atoms with Crippen LogP contribution in [-0.2, 0) is 14.6 Å². The Morgan fingerprint density at radius 3 is 2.42 bits per heavy atom. The van der Waals surface area contributed by atoms with Gasteiger partial charge < -0.3 is 9.80 Å². The van der Waals surface area contributed by atoms with Crippen LogP contribution in [0.5, 0.6) is 0 Å². The van der Waals surface area contributed by atoms with Crippen molar-refractivity contribution in [3.05, 3.63) is 29.3 Å². The molecule has 2 rings (SSSR count). The molecule has 0 radical (unpaired) electrons. The Kier molecular flexibility index (Phi) is 6.41. The molecule has 0 spiro atoms. The van der Waals surface area contributed by atoms with Crippen molar-refractivity contribution in [3.63, 3.8) is 0 Å². The Hall–Kier alpha value is -1.93. The predicted molar refractivity (Wildman–Crippen MR) is 99.9 cm³/mol. The molecule has 1 saturated heterocycles. The fourth-order valence-electron chi connectivity index (χ4n) is 2.90. The molecule has 1 aromatic rings. The molecule has 2 amide bonds. The number of nitrogens with zero attached hydrogens (tertiary/aromatic N) is 3. The zero-order valence-corrected chi connectivity index (χ0v) is 16.7. The van der Waals surface area contributed by atoms with Crippen molar-refractivity contribution in [3.8, 4) is 0 Å². The molecule has 7 nitrogen and oxygen atoms in total. The van der Waals surface area contributed by atoms with Gasteiger partial charge in [0, 0.05) is 52.1 Å². The van der Waals surface area contributed by atoms with E-state index in [1.807, 2.05) is 0 Å². The fraction of sp³-hybridized carbons (Fsp3) is 0.556. The van der Waals surface area contributed by atoms with Gasteiger partial charge in [-0.3, -0.25) is 14.5 Å². The van der Waals surface area contributed by atoms with Crippen LogP contribution in [0.2, 0.25) is 0 Å². The van der Waals surface area contributed by atoms with Crippen LogP contribution in [0.4, 0.5) is 0 Å². The van der Waals surface area contributed by atoms with Gasteiger partial charge in [-0.25, -0.2) is 8.42 Å². The highest BCUT2D eigenvalue weighted by molar-refractivity contribution is 7.90. The summed E-state index contributed by atoms with van der Waals surface area (Å²) in [6, 6.07) is 4.66. The molecular weight excluding hydrogens is 354 g/mol. The smallest absolute Gasteiger partial charge is 0.254 e. The van der Waals surface area contributed by atoms with Crippen LogP contribution in [0.15, 0.2) is 23.1 Å². The van der Waals surface area contributed by atoms with E-state index >= 15 is 0 Å². The van der Waals surface area contributed by atoms with Gasteiger partial charge >= 0.3 is 0 Å². The second kappa shape index (κ2) is 8.18. The van der Waals surface area contributed by atoms with Gasteiger partial charge in [-0.15, -0.1) is 0 Å². The minimum atomic E-state index is -3.37. The van der Waals surface area contributed by atoms with Crippen molar-refractivity contribution in [2.45, 2.75) is 18.2 Å². The minimum Gasteiger partial charge on any atom is -0.348 e. The third-order valence-electron chi connectivity index (χ3n) is 4.60. The fourth-order valence-corrected chi connectivity index (χ4v) is 3.54. The molecule has 0 aromatic heterocycles. The molecule has 8 heteroatoms. The average molecular weight is 381 g/mol. The molecule has 0 unspecified atom stereocenters. The summed E-state index contributed by atoms with van der Waals surface area (Å²) < 4.78 is 23.6. The lowest BCUT2D eigenvalue weighted by atomic mass is 10.1. The van der Waals surface area contributed by atoms with Gasteiger partial charge in [0.1, 0.15) is 0 Å². The van der Waals surface area contributed by atoms with Crippen LogP contribution < -0.4 is 0 Å². The quantitative estimate of drug-likeness (QED) is 0.765.